The molecule has 2 aliphatic rings. The third-order valence-electron chi connectivity index (χ3n) is 5.39. The number of hydrogen-bond acceptors (Lipinski definition) is 4. The van der Waals surface area contributed by atoms with E-state index in [-0.39, 0.29) is 36.4 Å². The fourth-order valence-corrected chi connectivity index (χ4v) is 4.00. The Bertz CT molecular complexity index is 834. The van der Waals surface area contributed by atoms with Gasteiger partial charge >= 0.3 is 6.18 Å². The number of carbonyl (C=O) groups excluding carboxylic acids is 1. The van der Waals surface area contributed by atoms with E-state index >= 15 is 0 Å². The van der Waals surface area contributed by atoms with Crippen molar-refractivity contribution in [1.82, 2.24) is 24.7 Å². The van der Waals surface area contributed by atoms with Crippen molar-refractivity contribution in [3.8, 4) is 0 Å². The molecule has 6 nitrogen and oxygen atoms in total. The molecule has 154 valence electrons. The van der Waals surface area contributed by atoms with Crippen LogP contribution in [0.5, 0.6) is 0 Å². The van der Waals surface area contributed by atoms with Crippen LogP contribution in [-0.4, -0.2) is 70.6 Å². The Morgan fingerprint density at radius 3 is 2.61 bits per heavy atom. The van der Waals surface area contributed by atoms with E-state index < -0.39 is 12.0 Å². The quantitative estimate of drug-likeness (QED) is 0.829. The van der Waals surface area contributed by atoms with Crippen molar-refractivity contribution in [2.45, 2.75) is 25.2 Å². The van der Waals surface area contributed by atoms with Crippen LogP contribution in [0.25, 0.3) is 11.0 Å². The lowest BCUT2D eigenvalue weighted by Gasteiger charge is -2.32. The third kappa shape index (κ3) is 4.11. The molecule has 0 radical (unpaired) electrons. The number of fused-ring (bicyclic) bond motifs is 1. The van der Waals surface area contributed by atoms with E-state index in [1.807, 2.05) is 0 Å². The van der Waals surface area contributed by atoms with Gasteiger partial charge in [0.2, 0.25) is 11.7 Å². The van der Waals surface area contributed by atoms with E-state index in [0.717, 1.165) is 37.2 Å². The number of aromatic nitrogens is 2. The highest BCUT2D eigenvalue weighted by Gasteiger charge is 2.39. The van der Waals surface area contributed by atoms with Gasteiger partial charge in [0.15, 0.2) is 0 Å². The van der Waals surface area contributed by atoms with E-state index in [1.165, 1.54) is 6.07 Å². The lowest BCUT2D eigenvalue weighted by Crippen LogP contribution is -2.49. The zero-order valence-electron chi connectivity index (χ0n) is 15.3. The molecule has 2 fully saturated rings. The average Bonchev–Trinajstić information content (AvgIpc) is 3.28. The molecule has 2 aliphatic heterocycles. The minimum Gasteiger partial charge on any atom is -0.340 e. The van der Waals surface area contributed by atoms with Gasteiger partial charge in [-0.05, 0) is 18.6 Å². The van der Waals surface area contributed by atoms with E-state index in [0.29, 0.717) is 18.6 Å². The van der Waals surface area contributed by atoms with Gasteiger partial charge in [0.25, 0.3) is 0 Å². The second-order valence-corrected chi connectivity index (χ2v) is 7.08. The Kier molecular flexibility index (Phi) is 6.16. The molecule has 4 rings (SSSR count). The molecule has 1 atom stereocenters. The number of benzene rings is 1. The molecule has 0 spiro atoms. The molecular formula is C18H23ClF3N5O. The fourth-order valence-electron chi connectivity index (χ4n) is 4.00. The minimum atomic E-state index is -4.60. The zero-order valence-corrected chi connectivity index (χ0v) is 16.1. The summed E-state index contributed by atoms with van der Waals surface area (Å²) in [5.41, 5.74) is 0.578. The van der Waals surface area contributed by atoms with Gasteiger partial charge in [-0.1, -0.05) is 12.1 Å². The monoisotopic (exact) mass is 417 g/mol. The number of amides is 1. The van der Waals surface area contributed by atoms with Gasteiger partial charge in [-0.2, -0.15) is 13.2 Å². The number of likely N-dealkylation sites (tertiary alicyclic amines) is 1. The number of alkyl halides is 3. The summed E-state index contributed by atoms with van der Waals surface area (Å²) in [6, 6.07) is 6.68. The molecule has 0 saturated carbocycles. The highest BCUT2D eigenvalue weighted by atomic mass is 35.5. The summed E-state index contributed by atoms with van der Waals surface area (Å²) >= 11 is 0. The summed E-state index contributed by atoms with van der Waals surface area (Å²) in [5, 5.41) is 3.30. The van der Waals surface area contributed by atoms with Crippen LogP contribution >= 0.6 is 12.4 Å². The SMILES string of the molecule is Cl.O=C(Cn1c(C(F)(F)F)nc2ccccc21)N1CCC(N2CCNCC2)C1. The second kappa shape index (κ2) is 8.26. The molecule has 10 heteroatoms. The van der Waals surface area contributed by atoms with Crippen molar-refractivity contribution in [3.05, 3.63) is 30.1 Å². The van der Waals surface area contributed by atoms with Gasteiger partial charge < -0.3 is 14.8 Å². The summed E-state index contributed by atoms with van der Waals surface area (Å²) in [6.45, 7) is 4.56. The van der Waals surface area contributed by atoms with Crippen LogP contribution in [0.2, 0.25) is 0 Å². The molecule has 3 heterocycles. The predicted octanol–water partition coefficient (Wildman–Crippen LogP) is 1.98. The van der Waals surface area contributed by atoms with Crippen LogP contribution < -0.4 is 5.32 Å². The number of carbonyl (C=O) groups is 1. The molecule has 2 saturated heterocycles. The van der Waals surface area contributed by atoms with Gasteiger partial charge in [0.05, 0.1) is 11.0 Å². The molecular weight excluding hydrogens is 395 g/mol. The van der Waals surface area contributed by atoms with E-state index in [2.05, 4.69) is 15.2 Å². The average molecular weight is 418 g/mol. The van der Waals surface area contributed by atoms with Crippen LogP contribution in [0.15, 0.2) is 24.3 Å². The molecule has 0 bridgehead atoms. The number of imidazole rings is 1. The predicted molar refractivity (Wildman–Crippen MR) is 101 cm³/mol. The van der Waals surface area contributed by atoms with Crippen molar-refractivity contribution >= 4 is 29.3 Å². The summed E-state index contributed by atoms with van der Waals surface area (Å²) in [7, 11) is 0. The highest BCUT2D eigenvalue weighted by Crippen LogP contribution is 2.31. The first-order chi connectivity index (χ1) is 12.9. The van der Waals surface area contributed by atoms with E-state index in [4.69, 9.17) is 0 Å². The van der Waals surface area contributed by atoms with Gasteiger partial charge in [0, 0.05) is 45.3 Å². The molecule has 2 aromatic rings. The van der Waals surface area contributed by atoms with Crippen LogP contribution in [0, 0.1) is 0 Å². The maximum absolute atomic E-state index is 13.4. The van der Waals surface area contributed by atoms with Crippen LogP contribution in [-0.2, 0) is 17.5 Å². The smallest absolute Gasteiger partial charge is 0.340 e. The first kappa shape index (κ1) is 20.9. The summed E-state index contributed by atoms with van der Waals surface area (Å²) in [4.78, 5) is 20.5. The topological polar surface area (TPSA) is 53.4 Å². The van der Waals surface area contributed by atoms with Crippen molar-refractivity contribution < 1.29 is 18.0 Å². The van der Waals surface area contributed by atoms with Gasteiger partial charge in [-0.15, -0.1) is 12.4 Å². The Morgan fingerprint density at radius 1 is 1.18 bits per heavy atom. The maximum atomic E-state index is 13.4. The lowest BCUT2D eigenvalue weighted by molar-refractivity contribution is -0.148. The molecule has 1 N–H and O–H groups in total. The Labute approximate surface area is 167 Å². The number of rotatable bonds is 3. The Morgan fingerprint density at radius 2 is 1.89 bits per heavy atom. The number of nitrogens with zero attached hydrogens (tertiary/aromatic N) is 4. The number of hydrogen-bond donors (Lipinski definition) is 1. The third-order valence-corrected chi connectivity index (χ3v) is 5.39. The van der Waals surface area contributed by atoms with Gasteiger partial charge in [0.1, 0.15) is 6.54 Å². The second-order valence-electron chi connectivity index (χ2n) is 7.08. The summed E-state index contributed by atoms with van der Waals surface area (Å²) in [6.07, 6.45) is -3.74. The Balaban J connectivity index is 0.00000225. The van der Waals surface area contributed by atoms with Crippen molar-refractivity contribution in [2.75, 3.05) is 39.3 Å². The first-order valence-electron chi connectivity index (χ1n) is 9.18. The van der Waals surface area contributed by atoms with Crippen LogP contribution in [0.4, 0.5) is 13.2 Å². The lowest BCUT2D eigenvalue weighted by atomic mass is 10.2. The number of piperazine rings is 1. The molecule has 1 aromatic heterocycles. The number of nitrogens with one attached hydrogen (secondary N) is 1. The van der Waals surface area contributed by atoms with Crippen molar-refractivity contribution in [2.24, 2.45) is 0 Å². The molecule has 28 heavy (non-hydrogen) atoms. The van der Waals surface area contributed by atoms with E-state index in [1.54, 1.807) is 23.1 Å². The molecule has 1 amide bonds. The maximum Gasteiger partial charge on any atom is 0.449 e. The van der Waals surface area contributed by atoms with Gasteiger partial charge in [-0.3, -0.25) is 9.69 Å². The standard InChI is InChI=1S/C18H22F3N5O.ClH/c19-18(20,21)17-23-14-3-1-2-4-15(14)26(17)12-16(27)25-8-5-13(11-25)24-9-6-22-7-10-24;/h1-4,13,22H,5-12H2;1H. The molecule has 1 aromatic carbocycles. The largest absolute Gasteiger partial charge is 0.449 e. The van der Waals surface area contributed by atoms with Crippen molar-refractivity contribution in [1.29, 1.82) is 0 Å². The minimum absolute atomic E-state index is 0. The first-order valence-corrected chi connectivity index (χ1v) is 9.18. The van der Waals surface area contributed by atoms with E-state index in [9.17, 15) is 18.0 Å². The highest BCUT2D eigenvalue weighted by molar-refractivity contribution is 5.85. The van der Waals surface area contributed by atoms with Crippen molar-refractivity contribution in [3.63, 3.8) is 0 Å². The van der Waals surface area contributed by atoms with Gasteiger partial charge in [-0.25, -0.2) is 4.98 Å². The summed E-state index contributed by atoms with van der Waals surface area (Å²) in [5.74, 6) is -1.31. The van der Waals surface area contributed by atoms with Crippen LogP contribution in [0.3, 0.4) is 0 Å². The Hall–Kier alpha value is -1.84. The van der Waals surface area contributed by atoms with Crippen LogP contribution in [0.1, 0.15) is 12.2 Å². The summed E-state index contributed by atoms with van der Waals surface area (Å²) < 4.78 is 41.2. The fraction of sp³-hybridized carbons (Fsp3) is 0.556. The number of para-hydroxylation sites is 2. The number of halogens is 4. The zero-order chi connectivity index (χ0) is 19.0. The molecule has 0 aliphatic carbocycles. The molecule has 1 unspecified atom stereocenters. The normalized spacial score (nSPS) is 21.1.